The average Bonchev–Trinajstić information content (AvgIpc) is 3.04. The summed E-state index contributed by atoms with van der Waals surface area (Å²) in [6.45, 7) is 0. The van der Waals surface area contributed by atoms with E-state index in [4.69, 9.17) is 9.72 Å². The number of aromatic nitrogens is 1. The van der Waals surface area contributed by atoms with Gasteiger partial charge < -0.3 is 9.84 Å². The summed E-state index contributed by atoms with van der Waals surface area (Å²) < 4.78 is 6.23. The Bertz CT molecular complexity index is 1070. The monoisotopic (exact) mass is 333 g/mol. The van der Waals surface area contributed by atoms with Gasteiger partial charge in [0.1, 0.15) is 5.01 Å². The molecular weight excluding hydrogens is 318 g/mol. The lowest BCUT2D eigenvalue weighted by Crippen LogP contribution is -1.83. The van der Waals surface area contributed by atoms with Crippen molar-refractivity contribution in [3.05, 3.63) is 65.2 Å². The number of nitrogens with zero attached hydrogens (tertiary/aromatic N) is 1. The first-order chi connectivity index (χ1) is 11.7. The van der Waals surface area contributed by atoms with E-state index >= 15 is 0 Å². The molecule has 118 valence electrons. The highest BCUT2D eigenvalue weighted by atomic mass is 32.1. The van der Waals surface area contributed by atoms with Crippen molar-refractivity contribution in [2.45, 2.75) is 0 Å². The lowest BCUT2D eigenvalue weighted by Gasteiger charge is -2.02. The summed E-state index contributed by atoms with van der Waals surface area (Å²) in [7, 11) is 1.54. The van der Waals surface area contributed by atoms with Crippen LogP contribution >= 0.6 is 11.3 Å². The molecule has 0 saturated heterocycles. The highest BCUT2D eigenvalue weighted by Crippen LogP contribution is 2.31. The van der Waals surface area contributed by atoms with Crippen LogP contribution in [0.2, 0.25) is 0 Å². The third-order valence-electron chi connectivity index (χ3n) is 3.92. The zero-order chi connectivity index (χ0) is 16.5. The Morgan fingerprint density at radius 2 is 1.92 bits per heavy atom. The van der Waals surface area contributed by atoms with Gasteiger partial charge in [-0.3, -0.25) is 0 Å². The molecular formula is C20H15NO2S. The van der Waals surface area contributed by atoms with E-state index in [1.165, 1.54) is 22.6 Å². The first kappa shape index (κ1) is 14.7. The minimum Gasteiger partial charge on any atom is -0.504 e. The predicted octanol–water partition coefficient (Wildman–Crippen LogP) is 5.33. The first-order valence-corrected chi connectivity index (χ1v) is 8.39. The Balaban J connectivity index is 1.72. The number of rotatable bonds is 3. The second-order valence-electron chi connectivity index (χ2n) is 5.45. The third-order valence-corrected chi connectivity index (χ3v) is 4.91. The molecule has 0 unspecified atom stereocenters. The zero-order valence-corrected chi connectivity index (χ0v) is 13.9. The summed E-state index contributed by atoms with van der Waals surface area (Å²) in [5.41, 5.74) is 1.94. The molecule has 3 nitrogen and oxygen atoms in total. The van der Waals surface area contributed by atoms with Gasteiger partial charge in [-0.1, -0.05) is 42.5 Å². The molecule has 0 aliphatic rings. The van der Waals surface area contributed by atoms with Crippen LogP contribution in [0.5, 0.6) is 11.5 Å². The lowest BCUT2D eigenvalue weighted by atomic mass is 10.1. The number of thiazole rings is 1. The molecule has 0 amide bonds. The maximum absolute atomic E-state index is 9.85. The molecule has 0 saturated carbocycles. The number of aromatic hydroxyl groups is 1. The third kappa shape index (κ3) is 2.61. The Morgan fingerprint density at radius 3 is 2.75 bits per heavy atom. The van der Waals surface area contributed by atoms with Crippen LogP contribution in [-0.4, -0.2) is 17.2 Å². The summed E-state index contributed by atoms with van der Waals surface area (Å²) in [4.78, 5) is 4.76. The Morgan fingerprint density at radius 1 is 1.04 bits per heavy atom. The molecule has 0 radical (unpaired) electrons. The molecule has 1 aromatic heterocycles. The van der Waals surface area contributed by atoms with Gasteiger partial charge in [0, 0.05) is 5.39 Å². The highest BCUT2D eigenvalue weighted by molar-refractivity contribution is 7.19. The van der Waals surface area contributed by atoms with Crippen molar-refractivity contribution in [3.63, 3.8) is 0 Å². The van der Waals surface area contributed by atoms with E-state index in [0.29, 0.717) is 5.75 Å². The Hall–Kier alpha value is -2.85. The van der Waals surface area contributed by atoms with Gasteiger partial charge in [-0.2, -0.15) is 0 Å². The van der Waals surface area contributed by atoms with Crippen molar-refractivity contribution >= 4 is 44.5 Å². The molecule has 1 heterocycles. The van der Waals surface area contributed by atoms with E-state index in [1.54, 1.807) is 23.5 Å². The van der Waals surface area contributed by atoms with E-state index in [9.17, 15) is 5.11 Å². The molecule has 0 spiro atoms. The van der Waals surface area contributed by atoms with E-state index in [1.807, 2.05) is 30.4 Å². The molecule has 24 heavy (non-hydrogen) atoms. The van der Waals surface area contributed by atoms with Crippen LogP contribution in [0.4, 0.5) is 0 Å². The van der Waals surface area contributed by atoms with Crippen LogP contribution in [0.3, 0.4) is 0 Å². The number of phenols is 1. The van der Waals surface area contributed by atoms with E-state index in [2.05, 4.69) is 24.3 Å². The van der Waals surface area contributed by atoms with Crippen molar-refractivity contribution in [1.29, 1.82) is 0 Å². The minimum absolute atomic E-state index is 0.134. The van der Waals surface area contributed by atoms with Crippen LogP contribution in [0.15, 0.2) is 54.6 Å². The number of hydrogen-bond donors (Lipinski definition) is 1. The van der Waals surface area contributed by atoms with Gasteiger partial charge in [-0.05, 0) is 35.2 Å². The van der Waals surface area contributed by atoms with E-state index in [-0.39, 0.29) is 5.75 Å². The van der Waals surface area contributed by atoms with Crippen molar-refractivity contribution in [1.82, 2.24) is 4.98 Å². The lowest BCUT2D eigenvalue weighted by molar-refractivity contribution is 0.373. The van der Waals surface area contributed by atoms with Crippen LogP contribution < -0.4 is 4.74 Å². The van der Waals surface area contributed by atoms with Crippen LogP contribution in [0.25, 0.3) is 33.1 Å². The standard InChI is InChI=1S/C20H15NO2S/c1-23-17-9-6-13(12-16(17)22)7-11-19-21-20-15-5-3-2-4-14(15)8-10-18(20)24-19/h2-12,22H,1H3. The van der Waals surface area contributed by atoms with E-state index < -0.39 is 0 Å². The Kier molecular flexibility index (Phi) is 3.67. The topological polar surface area (TPSA) is 42.4 Å². The number of benzene rings is 3. The molecule has 0 aliphatic carbocycles. The minimum atomic E-state index is 0.134. The smallest absolute Gasteiger partial charge is 0.160 e. The number of hydrogen-bond acceptors (Lipinski definition) is 4. The maximum Gasteiger partial charge on any atom is 0.160 e. The number of phenolic OH excluding ortho intramolecular Hbond substituents is 1. The van der Waals surface area contributed by atoms with Gasteiger partial charge >= 0.3 is 0 Å². The number of methoxy groups -OCH3 is 1. The maximum atomic E-state index is 9.85. The van der Waals surface area contributed by atoms with Crippen LogP contribution in [0.1, 0.15) is 10.6 Å². The summed E-state index contributed by atoms with van der Waals surface area (Å²) in [5, 5.41) is 13.2. The highest BCUT2D eigenvalue weighted by Gasteiger charge is 2.06. The van der Waals surface area contributed by atoms with Crippen molar-refractivity contribution in [2.75, 3.05) is 7.11 Å². The summed E-state index contributed by atoms with van der Waals surface area (Å²) in [6, 6.07) is 17.9. The van der Waals surface area contributed by atoms with Gasteiger partial charge in [0.2, 0.25) is 0 Å². The van der Waals surface area contributed by atoms with Gasteiger partial charge in [0.05, 0.1) is 17.3 Å². The number of fused-ring (bicyclic) bond motifs is 3. The SMILES string of the molecule is COc1ccc(C=Cc2nc3c(ccc4ccccc43)s2)cc1O. The molecule has 0 aliphatic heterocycles. The molecule has 4 aromatic rings. The number of ether oxygens (including phenoxy) is 1. The fraction of sp³-hybridized carbons (Fsp3) is 0.0500. The zero-order valence-electron chi connectivity index (χ0n) is 13.1. The largest absolute Gasteiger partial charge is 0.504 e. The fourth-order valence-electron chi connectivity index (χ4n) is 2.73. The van der Waals surface area contributed by atoms with Gasteiger partial charge in [-0.15, -0.1) is 11.3 Å². The summed E-state index contributed by atoms with van der Waals surface area (Å²) >= 11 is 1.66. The summed E-state index contributed by atoms with van der Waals surface area (Å²) in [5.74, 6) is 0.605. The molecule has 4 rings (SSSR count). The van der Waals surface area contributed by atoms with Crippen molar-refractivity contribution < 1.29 is 9.84 Å². The van der Waals surface area contributed by atoms with Crippen molar-refractivity contribution in [3.8, 4) is 11.5 Å². The second-order valence-corrected chi connectivity index (χ2v) is 6.51. The fourth-order valence-corrected chi connectivity index (χ4v) is 3.61. The summed E-state index contributed by atoms with van der Waals surface area (Å²) in [6.07, 6.45) is 3.92. The van der Waals surface area contributed by atoms with Crippen LogP contribution in [-0.2, 0) is 0 Å². The average molecular weight is 333 g/mol. The van der Waals surface area contributed by atoms with Gasteiger partial charge in [-0.25, -0.2) is 4.98 Å². The quantitative estimate of drug-likeness (QED) is 0.551. The predicted molar refractivity (Wildman–Crippen MR) is 101 cm³/mol. The normalized spacial score (nSPS) is 11.5. The van der Waals surface area contributed by atoms with Gasteiger partial charge in [0.15, 0.2) is 11.5 Å². The van der Waals surface area contributed by atoms with Crippen molar-refractivity contribution in [2.24, 2.45) is 0 Å². The van der Waals surface area contributed by atoms with Gasteiger partial charge in [0.25, 0.3) is 0 Å². The molecule has 1 N–H and O–H groups in total. The second kappa shape index (κ2) is 5.98. The molecule has 0 bridgehead atoms. The van der Waals surface area contributed by atoms with E-state index in [0.717, 1.165) is 16.1 Å². The molecule has 0 atom stereocenters. The Labute approximate surface area is 143 Å². The molecule has 0 fully saturated rings. The van der Waals surface area contributed by atoms with Crippen LogP contribution in [0, 0.1) is 0 Å². The molecule has 4 heteroatoms. The first-order valence-electron chi connectivity index (χ1n) is 7.58. The molecule has 3 aromatic carbocycles.